The molecule has 2 aliphatic heterocycles. The number of fused-ring (bicyclic) bond motifs is 2. The first-order chi connectivity index (χ1) is 33.7. The average molecular weight is 1030 g/mol. The SMILES string of the molecule is CC(C)(C)CC(=O)C[C@H](C(=O)N1C[C@H]2[C@@H]([C@H]1C(=O)C[C@@H](CC1CCC1)C(=O)C(N)=O)C2(C)C)C(C)(C)C.CC(C)(C)CC(=O)C[C@H](C(=O)N1C[C@H]2[C@@H]([C@H]1C(=O)C[C@H](CC1CCC1)C(=O)C(N)=O)C2(C)C)C(C)(C)C. The minimum atomic E-state index is -0.994. The van der Waals surface area contributed by atoms with Crippen molar-refractivity contribution in [2.24, 2.45) is 103 Å². The molecule has 6 aliphatic rings. The standard InChI is InChI=1S/2C30H48N2O5/c2*1-28(2,3)15-19(33)14-20(29(4,5)6)27(37)32-16-21-23(30(21,7)8)24(32)22(34)13-18(25(35)26(31)36)12-17-10-9-11-17/h2*17-18,20-21,23-24H,9-16H2,1-8H3,(H2,31,36)/t18-,20+,21-,23-,24+;18-,20-,21+,23+,24-/m01/s1. The maximum atomic E-state index is 14.0. The number of ketones is 6. The highest BCUT2D eigenvalue weighted by Crippen LogP contribution is 2.66. The predicted molar refractivity (Wildman–Crippen MR) is 284 cm³/mol. The zero-order chi connectivity index (χ0) is 56.2. The number of hydrogen-bond acceptors (Lipinski definition) is 10. The van der Waals surface area contributed by atoms with Crippen LogP contribution in [0.25, 0.3) is 0 Å². The van der Waals surface area contributed by atoms with Crippen molar-refractivity contribution in [1.82, 2.24) is 9.80 Å². The highest BCUT2D eigenvalue weighted by molar-refractivity contribution is 6.37. The molecule has 0 bridgehead atoms. The van der Waals surface area contributed by atoms with E-state index in [2.05, 4.69) is 27.7 Å². The van der Waals surface area contributed by atoms with E-state index in [4.69, 9.17) is 11.5 Å². The summed E-state index contributed by atoms with van der Waals surface area (Å²) < 4.78 is 0. The van der Waals surface area contributed by atoms with Gasteiger partial charge in [-0.1, -0.05) is 149 Å². The predicted octanol–water partition coefficient (Wildman–Crippen LogP) is 8.69. The van der Waals surface area contributed by atoms with Crippen molar-refractivity contribution < 1.29 is 47.9 Å². The number of piperidine rings is 2. The molecule has 4 amide bonds. The second-order valence-corrected chi connectivity index (χ2v) is 29.8. The molecule has 0 aromatic carbocycles. The molecule has 4 saturated carbocycles. The Labute approximate surface area is 443 Å². The molecule has 6 rings (SSSR count). The van der Waals surface area contributed by atoms with Gasteiger partial charge in [0.15, 0.2) is 11.6 Å². The first-order valence-corrected chi connectivity index (χ1v) is 28.1. The fourth-order valence-electron chi connectivity index (χ4n) is 13.4. The van der Waals surface area contributed by atoms with Crippen molar-refractivity contribution in [1.29, 1.82) is 0 Å². The number of Topliss-reactive ketones (excluding diaryl/α,β-unsaturated/α-hetero) is 6. The third kappa shape index (κ3) is 14.3. The smallest absolute Gasteiger partial charge is 0.285 e. The van der Waals surface area contributed by atoms with Gasteiger partial charge in [-0.3, -0.25) is 47.9 Å². The van der Waals surface area contributed by atoms with Crippen LogP contribution < -0.4 is 11.5 Å². The van der Waals surface area contributed by atoms with Crippen LogP contribution in [0.1, 0.15) is 201 Å². The molecule has 6 fully saturated rings. The number of hydrogen-bond donors (Lipinski definition) is 2. The van der Waals surface area contributed by atoms with Gasteiger partial charge in [-0.2, -0.15) is 0 Å². The summed E-state index contributed by atoms with van der Waals surface area (Å²) in [6.07, 6.45) is 8.16. The molecule has 0 unspecified atom stereocenters. The molecule has 0 radical (unpaired) electrons. The Bertz CT molecular complexity index is 2050. The fraction of sp³-hybridized carbons (Fsp3) is 0.833. The van der Waals surface area contributed by atoms with E-state index < -0.39 is 70.0 Å². The van der Waals surface area contributed by atoms with Crippen LogP contribution in [0.5, 0.6) is 0 Å². The molecule has 0 aromatic heterocycles. The Kier molecular flexibility index (Phi) is 18.1. The van der Waals surface area contributed by atoms with E-state index in [1.54, 1.807) is 9.80 Å². The number of likely N-dealkylation sites (tertiary alicyclic amines) is 2. The van der Waals surface area contributed by atoms with Crippen LogP contribution in [0.4, 0.5) is 0 Å². The van der Waals surface area contributed by atoms with Crippen LogP contribution in [0.15, 0.2) is 0 Å². The van der Waals surface area contributed by atoms with Crippen LogP contribution in [0.3, 0.4) is 0 Å². The van der Waals surface area contributed by atoms with E-state index in [-0.39, 0.29) is 106 Å². The topological polar surface area (TPSA) is 229 Å². The molecule has 74 heavy (non-hydrogen) atoms. The van der Waals surface area contributed by atoms with Gasteiger partial charge < -0.3 is 21.3 Å². The Hall–Kier alpha value is -4.10. The largest absolute Gasteiger partial charge is 0.363 e. The molecule has 2 heterocycles. The van der Waals surface area contributed by atoms with E-state index in [0.29, 0.717) is 50.6 Å². The van der Waals surface area contributed by atoms with Gasteiger partial charge >= 0.3 is 0 Å². The van der Waals surface area contributed by atoms with Gasteiger partial charge in [-0.15, -0.1) is 0 Å². The van der Waals surface area contributed by atoms with Gasteiger partial charge in [0.1, 0.15) is 11.6 Å². The Morgan fingerprint density at radius 2 is 0.784 bits per heavy atom. The lowest BCUT2D eigenvalue weighted by Gasteiger charge is -2.38. The Balaban J connectivity index is 0.000000274. The van der Waals surface area contributed by atoms with Crippen molar-refractivity contribution in [3.63, 3.8) is 0 Å². The lowest BCUT2D eigenvalue weighted by molar-refractivity contribution is -0.148. The van der Waals surface area contributed by atoms with Gasteiger partial charge in [0.25, 0.3) is 11.8 Å². The number of nitrogens with two attached hydrogens (primary N) is 2. The van der Waals surface area contributed by atoms with E-state index in [1.165, 1.54) is 0 Å². The molecular formula is C60H96N4O10. The number of primary amides is 2. The molecule has 0 aromatic rings. The van der Waals surface area contributed by atoms with Gasteiger partial charge in [-0.25, -0.2) is 0 Å². The Morgan fingerprint density at radius 1 is 0.486 bits per heavy atom. The van der Waals surface area contributed by atoms with Crippen LogP contribution >= 0.6 is 0 Å². The van der Waals surface area contributed by atoms with Crippen molar-refractivity contribution in [2.75, 3.05) is 13.1 Å². The summed E-state index contributed by atoms with van der Waals surface area (Å²) in [5, 5.41) is 0. The summed E-state index contributed by atoms with van der Waals surface area (Å²) in [6.45, 7) is 33.4. The summed E-state index contributed by atoms with van der Waals surface area (Å²) in [5.74, 6) is -5.16. The summed E-state index contributed by atoms with van der Waals surface area (Å²) in [4.78, 5) is 134. The van der Waals surface area contributed by atoms with E-state index >= 15 is 0 Å². The molecule has 10 atom stereocenters. The molecular weight excluding hydrogens is 937 g/mol. The molecule has 14 heteroatoms. The number of amides is 4. The van der Waals surface area contributed by atoms with Crippen LogP contribution in [0, 0.1) is 91.7 Å². The lowest BCUT2D eigenvalue weighted by atomic mass is 9.74. The first kappa shape index (κ1) is 60.8. The molecule has 4 N–H and O–H groups in total. The number of carbonyl (C=O) groups is 10. The lowest BCUT2D eigenvalue weighted by Crippen LogP contribution is -2.51. The van der Waals surface area contributed by atoms with Crippen molar-refractivity contribution in [3.8, 4) is 0 Å². The van der Waals surface area contributed by atoms with Crippen LogP contribution in [0.2, 0.25) is 0 Å². The molecule has 14 nitrogen and oxygen atoms in total. The summed E-state index contributed by atoms with van der Waals surface area (Å²) in [6, 6.07) is -1.25. The zero-order valence-electron chi connectivity index (χ0n) is 48.4. The van der Waals surface area contributed by atoms with E-state index in [1.807, 2.05) is 83.1 Å². The molecule has 416 valence electrons. The van der Waals surface area contributed by atoms with Gasteiger partial charge in [0.2, 0.25) is 23.4 Å². The zero-order valence-corrected chi connectivity index (χ0v) is 48.4. The van der Waals surface area contributed by atoms with Crippen molar-refractivity contribution in [2.45, 2.75) is 213 Å². The maximum absolute atomic E-state index is 14.0. The van der Waals surface area contributed by atoms with Crippen LogP contribution in [-0.4, -0.2) is 93.3 Å². The minimum Gasteiger partial charge on any atom is -0.363 e. The minimum absolute atomic E-state index is 0.0304. The summed E-state index contributed by atoms with van der Waals surface area (Å²) >= 11 is 0. The normalized spacial score (nSPS) is 26.6. The van der Waals surface area contributed by atoms with Gasteiger partial charge in [0, 0.05) is 75.3 Å². The first-order valence-electron chi connectivity index (χ1n) is 28.1. The third-order valence-electron chi connectivity index (χ3n) is 18.5. The maximum Gasteiger partial charge on any atom is 0.285 e. The molecule has 4 aliphatic carbocycles. The second-order valence-electron chi connectivity index (χ2n) is 29.8. The van der Waals surface area contributed by atoms with Gasteiger partial charge in [-0.05, 0) is 80.8 Å². The Morgan fingerprint density at radius 3 is 1.01 bits per heavy atom. The van der Waals surface area contributed by atoms with Crippen molar-refractivity contribution >= 4 is 58.3 Å². The van der Waals surface area contributed by atoms with E-state index in [0.717, 1.165) is 38.5 Å². The van der Waals surface area contributed by atoms with Crippen LogP contribution in [-0.2, 0) is 47.9 Å². The monoisotopic (exact) mass is 1030 g/mol. The van der Waals surface area contributed by atoms with Gasteiger partial charge in [0.05, 0.1) is 12.1 Å². The number of rotatable bonds is 22. The van der Waals surface area contributed by atoms with Crippen molar-refractivity contribution in [3.05, 3.63) is 0 Å². The summed E-state index contributed by atoms with van der Waals surface area (Å²) in [5.41, 5.74) is 9.32. The summed E-state index contributed by atoms with van der Waals surface area (Å²) in [7, 11) is 0. The third-order valence-corrected chi connectivity index (χ3v) is 18.5. The highest BCUT2D eigenvalue weighted by Gasteiger charge is 2.71. The highest BCUT2D eigenvalue weighted by atomic mass is 16.2. The number of carbonyl (C=O) groups excluding carboxylic acids is 10. The quantitative estimate of drug-likeness (QED) is 0.0980. The second kappa shape index (κ2) is 22.1. The van der Waals surface area contributed by atoms with E-state index in [9.17, 15) is 47.9 Å². The molecule has 2 saturated heterocycles. The molecule has 0 spiro atoms. The number of nitrogens with zero attached hydrogens (tertiary/aromatic N) is 2. The fourth-order valence-corrected chi connectivity index (χ4v) is 13.4. The average Bonchev–Trinajstić information content (AvgIpc) is 3.66.